The van der Waals surface area contributed by atoms with Crippen molar-refractivity contribution in [3.8, 4) is 0 Å². The molecule has 1 saturated heterocycles. The molecule has 2 bridgehead atoms. The predicted octanol–water partition coefficient (Wildman–Crippen LogP) is 2.90. The second-order valence-corrected chi connectivity index (χ2v) is 7.21. The fourth-order valence-corrected chi connectivity index (χ4v) is 3.73. The number of nitrogens with zero attached hydrogens (tertiary/aromatic N) is 4. The van der Waals surface area contributed by atoms with E-state index in [1.807, 2.05) is 26.0 Å². The largest absolute Gasteiger partial charge is 0.347 e. The first-order valence-electron chi connectivity index (χ1n) is 8.51. The van der Waals surface area contributed by atoms with Crippen LogP contribution in [-0.2, 0) is 0 Å². The molecule has 0 aromatic carbocycles. The lowest BCUT2D eigenvalue weighted by Gasteiger charge is -2.30. The molecule has 0 spiro atoms. The van der Waals surface area contributed by atoms with Gasteiger partial charge in [0, 0.05) is 13.1 Å². The topological polar surface area (TPSA) is 53.4 Å². The number of aromatic nitrogens is 2. The van der Waals surface area contributed by atoms with Crippen molar-refractivity contribution >= 4 is 23.0 Å². The van der Waals surface area contributed by atoms with Gasteiger partial charge in [0.05, 0.1) is 11.4 Å². The second-order valence-electron chi connectivity index (χ2n) is 6.82. The Hall–Kier alpha value is -1.56. The van der Waals surface area contributed by atoms with Gasteiger partial charge in [-0.15, -0.1) is 5.10 Å². The SMILES string of the molecule is C/C(=N\NC(=S)N1C[C@@H]2CCC[C@@H](CC2)C1)c1ccc(C)nn1. The maximum atomic E-state index is 5.57. The minimum absolute atomic E-state index is 0.739. The summed E-state index contributed by atoms with van der Waals surface area (Å²) in [6.45, 7) is 5.99. The van der Waals surface area contributed by atoms with Crippen LogP contribution >= 0.6 is 12.2 Å². The summed E-state index contributed by atoms with van der Waals surface area (Å²) in [7, 11) is 0. The van der Waals surface area contributed by atoms with E-state index in [1.165, 1.54) is 32.1 Å². The molecule has 1 N–H and O–H groups in total. The van der Waals surface area contributed by atoms with Gasteiger partial charge in [-0.2, -0.15) is 10.2 Å². The van der Waals surface area contributed by atoms with E-state index in [0.29, 0.717) is 0 Å². The van der Waals surface area contributed by atoms with Crippen LogP contribution in [0.4, 0.5) is 0 Å². The molecule has 6 heteroatoms. The number of nitrogens with one attached hydrogen (secondary N) is 1. The number of hydrogen-bond acceptors (Lipinski definition) is 4. The molecule has 0 radical (unpaired) electrons. The number of rotatable bonds is 2. The van der Waals surface area contributed by atoms with E-state index >= 15 is 0 Å². The van der Waals surface area contributed by atoms with E-state index in [4.69, 9.17) is 12.2 Å². The van der Waals surface area contributed by atoms with Crippen LogP contribution in [0.2, 0.25) is 0 Å². The molecular formula is C17H25N5S. The van der Waals surface area contributed by atoms with Gasteiger partial charge in [-0.3, -0.25) is 5.43 Å². The highest BCUT2D eigenvalue weighted by atomic mass is 32.1. The van der Waals surface area contributed by atoms with Gasteiger partial charge in [-0.25, -0.2) is 0 Å². The van der Waals surface area contributed by atoms with E-state index in [-0.39, 0.29) is 0 Å². The third kappa shape index (κ3) is 4.25. The van der Waals surface area contributed by atoms with Gasteiger partial charge in [0.2, 0.25) is 0 Å². The van der Waals surface area contributed by atoms with Gasteiger partial charge in [0.1, 0.15) is 5.69 Å². The van der Waals surface area contributed by atoms with Gasteiger partial charge < -0.3 is 4.90 Å². The molecule has 1 aromatic heterocycles. The molecule has 1 aliphatic carbocycles. The molecule has 23 heavy (non-hydrogen) atoms. The minimum atomic E-state index is 0.739. The summed E-state index contributed by atoms with van der Waals surface area (Å²) < 4.78 is 0. The van der Waals surface area contributed by atoms with Gasteiger partial charge in [0.15, 0.2) is 5.11 Å². The molecule has 2 atom stereocenters. The molecule has 1 aromatic rings. The van der Waals surface area contributed by atoms with Gasteiger partial charge in [0.25, 0.3) is 0 Å². The normalized spacial score (nSPS) is 25.0. The summed E-state index contributed by atoms with van der Waals surface area (Å²) in [5.41, 5.74) is 5.54. The number of hydrogen-bond donors (Lipinski definition) is 1. The number of fused-ring (bicyclic) bond motifs is 3. The highest BCUT2D eigenvalue weighted by molar-refractivity contribution is 7.80. The number of likely N-dealkylation sites (tertiary alicyclic amines) is 1. The molecule has 0 unspecified atom stereocenters. The Balaban J connectivity index is 1.62. The highest BCUT2D eigenvalue weighted by Crippen LogP contribution is 2.32. The van der Waals surface area contributed by atoms with Crippen molar-refractivity contribution in [3.05, 3.63) is 23.5 Å². The second kappa shape index (κ2) is 7.34. The Bertz CT molecular complexity index is 569. The van der Waals surface area contributed by atoms with Gasteiger partial charge >= 0.3 is 0 Å². The molecule has 1 saturated carbocycles. The molecule has 3 rings (SSSR count). The average molecular weight is 331 g/mol. The maximum Gasteiger partial charge on any atom is 0.189 e. The van der Waals surface area contributed by atoms with Crippen LogP contribution in [0.3, 0.4) is 0 Å². The Morgan fingerprint density at radius 3 is 2.48 bits per heavy atom. The Morgan fingerprint density at radius 1 is 1.17 bits per heavy atom. The van der Waals surface area contributed by atoms with Crippen molar-refractivity contribution in [2.24, 2.45) is 16.9 Å². The average Bonchev–Trinajstić information content (AvgIpc) is 2.87. The lowest BCUT2D eigenvalue weighted by molar-refractivity contribution is 0.286. The standard InChI is InChI=1S/C17H25N5S/c1-12-6-9-16(20-18-12)13(2)19-21-17(23)22-10-14-4-3-5-15(11-22)8-7-14/h6,9,14-15H,3-5,7-8,10-11H2,1-2H3,(H,21,23)/b19-13+/t14-,15+. The van der Waals surface area contributed by atoms with E-state index < -0.39 is 0 Å². The summed E-state index contributed by atoms with van der Waals surface area (Å²) >= 11 is 5.57. The summed E-state index contributed by atoms with van der Waals surface area (Å²) in [5.74, 6) is 1.57. The zero-order valence-corrected chi connectivity index (χ0v) is 14.8. The Kier molecular flexibility index (Phi) is 5.20. The predicted molar refractivity (Wildman–Crippen MR) is 96.4 cm³/mol. The first-order chi connectivity index (χ1) is 11.1. The fraction of sp³-hybridized carbons (Fsp3) is 0.647. The van der Waals surface area contributed by atoms with Gasteiger partial charge in [-0.1, -0.05) is 6.42 Å². The van der Waals surface area contributed by atoms with Crippen molar-refractivity contribution in [1.82, 2.24) is 20.5 Å². The molecule has 124 valence electrons. The molecule has 2 heterocycles. The summed E-state index contributed by atoms with van der Waals surface area (Å²) in [4.78, 5) is 2.31. The van der Waals surface area contributed by atoms with Crippen molar-refractivity contribution in [3.63, 3.8) is 0 Å². The summed E-state index contributed by atoms with van der Waals surface area (Å²) in [6, 6.07) is 3.87. The number of aryl methyl sites for hydroxylation is 1. The van der Waals surface area contributed by atoms with Crippen molar-refractivity contribution < 1.29 is 0 Å². The molecule has 1 aliphatic heterocycles. The molecular weight excluding hydrogens is 306 g/mol. The summed E-state index contributed by atoms with van der Waals surface area (Å²) in [6.07, 6.45) is 6.77. The minimum Gasteiger partial charge on any atom is -0.347 e. The zero-order valence-electron chi connectivity index (χ0n) is 14.0. The van der Waals surface area contributed by atoms with E-state index in [2.05, 4.69) is 25.6 Å². The fourth-order valence-electron chi connectivity index (χ4n) is 3.54. The molecule has 2 fully saturated rings. The van der Waals surface area contributed by atoms with Crippen LogP contribution in [0.5, 0.6) is 0 Å². The van der Waals surface area contributed by atoms with Crippen molar-refractivity contribution in [2.45, 2.75) is 46.0 Å². The Labute approximate surface area is 143 Å². The first-order valence-corrected chi connectivity index (χ1v) is 8.92. The third-order valence-corrected chi connectivity index (χ3v) is 5.29. The van der Waals surface area contributed by atoms with E-state index in [0.717, 1.165) is 47.1 Å². The van der Waals surface area contributed by atoms with Gasteiger partial charge in [-0.05, 0) is 75.7 Å². The molecule has 0 amide bonds. The van der Waals surface area contributed by atoms with Crippen LogP contribution in [0.25, 0.3) is 0 Å². The number of hydrazone groups is 1. The Morgan fingerprint density at radius 2 is 1.87 bits per heavy atom. The maximum absolute atomic E-state index is 5.57. The van der Waals surface area contributed by atoms with Crippen molar-refractivity contribution in [1.29, 1.82) is 0 Å². The van der Waals surface area contributed by atoms with Crippen molar-refractivity contribution in [2.75, 3.05) is 13.1 Å². The molecule has 2 aliphatic rings. The summed E-state index contributed by atoms with van der Waals surface area (Å²) in [5, 5.41) is 13.4. The van der Waals surface area contributed by atoms with Crippen LogP contribution < -0.4 is 5.43 Å². The van der Waals surface area contributed by atoms with Crippen LogP contribution in [0, 0.1) is 18.8 Å². The first kappa shape index (κ1) is 16.3. The van der Waals surface area contributed by atoms with Crippen LogP contribution in [-0.4, -0.2) is 39.0 Å². The number of thiocarbonyl (C=S) groups is 1. The quantitative estimate of drug-likeness (QED) is 0.513. The molecule has 5 nitrogen and oxygen atoms in total. The zero-order chi connectivity index (χ0) is 16.2. The monoisotopic (exact) mass is 331 g/mol. The van der Waals surface area contributed by atoms with Crippen LogP contribution in [0.1, 0.15) is 50.4 Å². The van der Waals surface area contributed by atoms with E-state index in [9.17, 15) is 0 Å². The van der Waals surface area contributed by atoms with Crippen LogP contribution in [0.15, 0.2) is 17.2 Å². The lowest BCUT2D eigenvalue weighted by Crippen LogP contribution is -2.42. The van der Waals surface area contributed by atoms with E-state index in [1.54, 1.807) is 0 Å². The lowest BCUT2D eigenvalue weighted by atomic mass is 10.00. The highest BCUT2D eigenvalue weighted by Gasteiger charge is 2.28. The smallest absolute Gasteiger partial charge is 0.189 e. The third-order valence-electron chi connectivity index (χ3n) is 4.94.